The predicted octanol–water partition coefficient (Wildman–Crippen LogP) is 3.67. The number of nitrogens with one attached hydrogen (secondary N) is 2. The lowest BCUT2D eigenvalue weighted by Gasteiger charge is -2.33. The van der Waals surface area contributed by atoms with E-state index in [-0.39, 0.29) is 17.7 Å². The van der Waals surface area contributed by atoms with Crippen LogP contribution in [0.2, 0.25) is 0 Å². The number of hydrogen-bond acceptors (Lipinski definition) is 7. The van der Waals surface area contributed by atoms with Gasteiger partial charge >= 0.3 is 12.3 Å². The van der Waals surface area contributed by atoms with Crippen molar-refractivity contribution in [1.29, 1.82) is 0 Å². The monoisotopic (exact) mass is 560 g/mol. The SMILES string of the molecule is CC(C)(Cc1c[nH]c2ncccc12)c1nc(N[C@@H]2CCN(CCN3CCN(C(=O)O)CC3)C2)ncc1C(F)(F)F. The number of likely N-dealkylation sites (tertiary alicyclic amines) is 1. The molecule has 40 heavy (non-hydrogen) atoms. The van der Waals surface area contributed by atoms with Gasteiger partial charge in [-0.05, 0) is 30.5 Å². The highest BCUT2D eigenvalue weighted by Gasteiger charge is 2.40. The Labute approximate surface area is 230 Å². The molecule has 13 heteroatoms. The predicted molar refractivity (Wildman–Crippen MR) is 144 cm³/mol. The van der Waals surface area contributed by atoms with Gasteiger partial charge in [0.15, 0.2) is 0 Å². The maximum absolute atomic E-state index is 14.0. The highest BCUT2D eigenvalue weighted by molar-refractivity contribution is 5.79. The summed E-state index contributed by atoms with van der Waals surface area (Å²) in [5.41, 5.74) is -0.210. The van der Waals surface area contributed by atoms with E-state index in [1.165, 1.54) is 4.90 Å². The summed E-state index contributed by atoms with van der Waals surface area (Å²) < 4.78 is 42.1. The summed E-state index contributed by atoms with van der Waals surface area (Å²) in [5.74, 6) is 0.202. The van der Waals surface area contributed by atoms with Gasteiger partial charge in [-0.1, -0.05) is 13.8 Å². The topological polar surface area (TPSA) is 114 Å². The summed E-state index contributed by atoms with van der Waals surface area (Å²) in [6.45, 7) is 9.30. The third-order valence-electron chi connectivity index (χ3n) is 7.89. The Morgan fingerprint density at radius 2 is 1.88 bits per heavy atom. The molecule has 0 bridgehead atoms. The normalized spacial score (nSPS) is 19.4. The Kier molecular flexibility index (Phi) is 7.87. The van der Waals surface area contributed by atoms with Gasteiger partial charge in [0.05, 0.1) is 11.3 Å². The van der Waals surface area contributed by atoms with Gasteiger partial charge in [0.1, 0.15) is 5.65 Å². The molecule has 0 unspecified atom stereocenters. The van der Waals surface area contributed by atoms with Gasteiger partial charge in [0.2, 0.25) is 5.95 Å². The van der Waals surface area contributed by atoms with Crippen LogP contribution in [0.25, 0.3) is 11.0 Å². The molecule has 10 nitrogen and oxygen atoms in total. The number of carboxylic acid groups (broad SMARTS) is 1. The number of anilines is 1. The summed E-state index contributed by atoms with van der Waals surface area (Å²) in [7, 11) is 0. The molecule has 1 atom stereocenters. The Morgan fingerprint density at radius 1 is 1.12 bits per heavy atom. The molecule has 2 saturated heterocycles. The van der Waals surface area contributed by atoms with Crippen molar-refractivity contribution in [1.82, 2.24) is 34.6 Å². The minimum absolute atomic E-state index is 0.0243. The molecule has 0 saturated carbocycles. The van der Waals surface area contributed by atoms with E-state index >= 15 is 0 Å². The Hall–Kier alpha value is -3.45. The number of halogens is 3. The lowest BCUT2D eigenvalue weighted by atomic mass is 9.80. The van der Waals surface area contributed by atoms with E-state index in [1.807, 2.05) is 12.1 Å². The number of nitrogens with zero attached hydrogens (tertiary/aromatic N) is 6. The van der Waals surface area contributed by atoms with E-state index in [0.717, 1.165) is 62.8 Å². The van der Waals surface area contributed by atoms with E-state index in [2.05, 4.69) is 35.1 Å². The summed E-state index contributed by atoms with van der Waals surface area (Å²) in [4.78, 5) is 33.0. The fourth-order valence-electron chi connectivity index (χ4n) is 5.68. The van der Waals surface area contributed by atoms with Crippen LogP contribution in [-0.2, 0) is 18.0 Å². The quantitative estimate of drug-likeness (QED) is 0.383. The molecule has 3 aromatic rings. The summed E-state index contributed by atoms with van der Waals surface area (Å²) >= 11 is 0. The molecule has 5 rings (SSSR count). The first kappa shape index (κ1) is 28.1. The van der Waals surface area contributed by atoms with Gasteiger partial charge in [-0.25, -0.2) is 19.7 Å². The molecule has 0 radical (unpaired) electrons. The fraction of sp³-hybridized carbons (Fsp3) is 0.556. The van der Waals surface area contributed by atoms with Crippen LogP contribution in [0.4, 0.5) is 23.9 Å². The van der Waals surface area contributed by atoms with Crippen molar-refractivity contribution in [3.05, 3.63) is 47.5 Å². The first-order chi connectivity index (χ1) is 19.0. The zero-order valence-corrected chi connectivity index (χ0v) is 22.7. The zero-order valence-electron chi connectivity index (χ0n) is 22.7. The second-order valence-corrected chi connectivity index (χ2v) is 11.3. The van der Waals surface area contributed by atoms with Gasteiger partial charge in [-0.3, -0.25) is 9.80 Å². The maximum atomic E-state index is 14.0. The van der Waals surface area contributed by atoms with Gasteiger partial charge < -0.3 is 20.3 Å². The van der Waals surface area contributed by atoms with Crippen molar-refractivity contribution in [2.24, 2.45) is 0 Å². The molecule has 0 aliphatic carbocycles. The lowest BCUT2D eigenvalue weighted by molar-refractivity contribution is -0.139. The first-order valence-corrected chi connectivity index (χ1v) is 13.5. The summed E-state index contributed by atoms with van der Waals surface area (Å²) in [5, 5.41) is 13.3. The van der Waals surface area contributed by atoms with Crippen LogP contribution in [0, 0.1) is 0 Å². The average molecular weight is 561 g/mol. The van der Waals surface area contributed by atoms with Crippen molar-refractivity contribution < 1.29 is 23.1 Å². The van der Waals surface area contributed by atoms with Crippen LogP contribution in [-0.4, -0.2) is 104 Å². The highest BCUT2D eigenvalue weighted by atomic mass is 19.4. The third-order valence-corrected chi connectivity index (χ3v) is 7.89. The van der Waals surface area contributed by atoms with E-state index in [1.54, 1.807) is 26.2 Å². The van der Waals surface area contributed by atoms with E-state index in [4.69, 9.17) is 5.11 Å². The van der Waals surface area contributed by atoms with Crippen molar-refractivity contribution in [2.45, 2.75) is 44.3 Å². The number of hydrogen-bond donors (Lipinski definition) is 3. The summed E-state index contributed by atoms with van der Waals surface area (Å²) in [6, 6.07) is 3.74. The van der Waals surface area contributed by atoms with Crippen LogP contribution < -0.4 is 5.32 Å². The number of aromatic amines is 1. The number of H-pyrrole nitrogens is 1. The number of aromatic nitrogens is 4. The minimum Gasteiger partial charge on any atom is -0.465 e. The van der Waals surface area contributed by atoms with Gasteiger partial charge in [0.25, 0.3) is 0 Å². The average Bonchev–Trinajstić information content (AvgIpc) is 3.53. The Bertz CT molecular complexity index is 1340. The summed E-state index contributed by atoms with van der Waals surface area (Å²) in [6.07, 6.45) is 0.0884. The van der Waals surface area contributed by atoms with Crippen LogP contribution in [0.1, 0.15) is 37.1 Å². The number of amides is 1. The molecule has 5 heterocycles. The molecule has 216 valence electrons. The standard InChI is InChI=1S/C27H35F3N8O2/c1-26(2,14-18-15-32-23-20(18)4-3-6-31-23)22-21(27(28,29)30)16-33-24(35-22)34-19-5-7-37(17-19)9-8-36-10-12-38(13-11-36)25(39)40/h3-4,6,15-16,19H,5,7-14,17H2,1-2H3,(H,31,32)(H,39,40)(H,33,34,35)/t19-/m1/s1. The van der Waals surface area contributed by atoms with Crippen LogP contribution in [0.3, 0.4) is 0 Å². The molecule has 3 N–H and O–H groups in total. The Balaban J connectivity index is 1.24. The molecule has 2 aliphatic heterocycles. The molecule has 2 aliphatic rings. The smallest absolute Gasteiger partial charge is 0.419 e. The van der Waals surface area contributed by atoms with E-state index < -0.39 is 23.2 Å². The van der Waals surface area contributed by atoms with Crippen molar-refractivity contribution >= 4 is 23.1 Å². The molecule has 1 amide bonds. The molecule has 0 aromatic carbocycles. The molecular weight excluding hydrogens is 525 g/mol. The molecule has 2 fully saturated rings. The molecular formula is C27H35F3N8O2. The van der Waals surface area contributed by atoms with Gasteiger partial charge in [-0.2, -0.15) is 13.2 Å². The van der Waals surface area contributed by atoms with Crippen LogP contribution in [0.15, 0.2) is 30.7 Å². The van der Waals surface area contributed by atoms with E-state index in [0.29, 0.717) is 25.2 Å². The largest absolute Gasteiger partial charge is 0.465 e. The highest BCUT2D eigenvalue weighted by Crippen LogP contribution is 2.39. The van der Waals surface area contributed by atoms with Crippen molar-refractivity contribution in [3.63, 3.8) is 0 Å². The van der Waals surface area contributed by atoms with Gasteiger partial charge in [0, 0.05) is 87.8 Å². The number of pyridine rings is 1. The van der Waals surface area contributed by atoms with Crippen LogP contribution in [0.5, 0.6) is 0 Å². The number of alkyl halides is 3. The first-order valence-electron chi connectivity index (χ1n) is 13.5. The maximum Gasteiger partial charge on any atom is 0.419 e. The number of carbonyl (C=O) groups is 1. The number of piperazine rings is 1. The van der Waals surface area contributed by atoms with Gasteiger partial charge in [-0.15, -0.1) is 0 Å². The fourth-order valence-corrected chi connectivity index (χ4v) is 5.68. The lowest BCUT2D eigenvalue weighted by Crippen LogP contribution is -2.49. The second kappa shape index (κ2) is 11.2. The molecule has 3 aromatic heterocycles. The second-order valence-electron chi connectivity index (χ2n) is 11.3. The third kappa shape index (κ3) is 6.30. The van der Waals surface area contributed by atoms with Crippen LogP contribution >= 0.6 is 0 Å². The minimum atomic E-state index is -4.58. The number of fused-ring (bicyclic) bond motifs is 1. The number of rotatable bonds is 8. The zero-order chi connectivity index (χ0) is 28.5. The van der Waals surface area contributed by atoms with E-state index in [9.17, 15) is 18.0 Å². The van der Waals surface area contributed by atoms with Crippen molar-refractivity contribution in [3.8, 4) is 0 Å². The Morgan fingerprint density at radius 3 is 2.60 bits per heavy atom. The molecule has 0 spiro atoms. The van der Waals surface area contributed by atoms with Crippen molar-refractivity contribution in [2.75, 3.05) is 57.7 Å².